The highest BCUT2D eigenvalue weighted by Gasteiger charge is 2.46. The summed E-state index contributed by atoms with van der Waals surface area (Å²) in [6.07, 6.45) is 0.723. The summed E-state index contributed by atoms with van der Waals surface area (Å²) in [5, 5.41) is 15.7. The summed E-state index contributed by atoms with van der Waals surface area (Å²) in [5.41, 5.74) is 1.39. The van der Waals surface area contributed by atoms with Crippen molar-refractivity contribution in [2.24, 2.45) is 0 Å². The molecule has 0 saturated heterocycles. The second-order valence-corrected chi connectivity index (χ2v) is 7.58. The quantitative estimate of drug-likeness (QED) is 0.477. The van der Waals surface area contributed by atoms with Crippen molar-refractivity contribution in [3.63, 3.8) is 0 Å². The van der Waals surface area contributed by atoms with Gasteiger partial charge in [-0.3, -0.25) is 0 Å². The number of hydrogen-bond donors (Lipinski definition) is 4. The molecule has 3 heterocycles. The largest absolute Gasteiger partial charge is 0.486 e. The molecule has 3 aromatic rings. The van der Waals surface area contributed by atoms with E-state index in [0.717, 1.165) is 0 Å². The van der Waals surface area contributed by atoms with Crippen LogP contribution in [-0.2, 0) is 0 Å². The number of nitrogens with zero attached hydrogens (tertiary/aromatic N) is 3. The Bertz CT molecular complexity index is 1180. The highest BCUT2D eigenvalue weighted by molar-refractivity contribution is 5.93. The summed E-state index contributed by atoms with van der Waals surface area (Å²) in [6, 6.07) is 6.11. The molecule has 0 radical (unpaired) electrons. The maximum Gasteiger partial charge on any atom is 0.319 e. The number of carbonyl (C=O) groups excluding carboxylic acids is 1. The highest BCUT2D eigenvalue weighted by Crippen LogP contribution is 2.39. The lowest BCUT2D eigenvalue weighted by molar-refractivity contribution is -0.0893. The van der Waals surface area contributed by atoms with Crippen LogP contribution < -0.4 is 30.7 Å². The van der Waals surface area contributed by atoms with Crippen LogP contribution in [0.1, 0.15) is 12.8 Å². The first kappa shape index (κ1) is 20.1. The average Bonchev–Trinajstić information content (AvgIpc) is 3.14. The highest BCUT2D eigenvalue weighted by atomic mass is 19.3. The topological polar surface area (TPSA) is 114 Å². The van der Waals surface area contributed by atoms with Gasteiger partial charge in [0.1, 0.15) is 30.5 Å². The van der Waals surface area contributed by atoms with Crippen molar-refractivity contribution in [2.45, 2.75) is 24.8 Å². The van der Waals surface area contributed by atoms with Crippen LogP contribution in [0.2, 0.25) is 0 Å². The Balaban J connectivity index is 1.40. The first-order chi connectivity index (χ1) is 15.4. The maximum absolute atomic E-state index is 13.0. The second kappa shape index (κ2) is 7.70. The van der Waals surface area contributed by atoms with E-state index in [1.54, 1.807) is 13.1 Å². The van der Waals surface area contributed by atoms with Crippen LogP contribution in [0.4, 0.5) is 36.6 Å². The molecule has 2 aromatic heterocycles. The number of rotatable bonds is 5. The predicted molar refractivity (Wildman–Crippen MR) is 113 cm³/mol. The SMILES string of the molecule is CNc1cc(Nc2cccc3c2OCCO3)nc2c(NC(=O)NC3CC(F)(F)C3)cnn12. The molecule has 1 aliphatic carbocycles. The van der Waals surface area contributed by atoms with Crippen LogP contribution in [0.15, 0.2) is 30.5 Å². The Hall–Kier alpha value is -3.83. The summed E-state index contributed by atoms with van der Waals surface area (Å²) >= 11 is 0. The zero-order chi connectivity index (χ0) is 22.3. The number of ether oxygens (including phenoxy) is 2. The Labute approximate surface area is 181 Å². The van der Waals surface area contributed by atoms with Crippen molar-refractivity contribution >= 4 is 34.7 Å². The van der Waals surface area contributed by atoms with E-state index in [-0.39, 0.29) is 12.8 Å². The number of para-hydroxylation sites is 1. The molecule has 2 aliphatic rings. The van der Waals surface area contributed by atoms with Gasteiger partial charge in [-0.1, -0.05) is 6.07 Å². The Morgan fingerprint density at radius 1 is 1.22 bits per heavy atom. The lowest BCUT2D eigenvalue weighted by atomic mass is 9.88. The van der Waals surface area contributed by atoms with Crippen LogP contribution in [0.25, 0.3) is 5.65 Å². The van der Waals surface area contributed by atoms with E-state index in [1.807, 2.05) is 18.2 Å². The molecule has 4 N–H and O–H groups in total. The summed E-state index contributed by atoms with van der Waals surface area (Å²) in [4.78, 5) is 16.8. The number of urea groups is 1. The van der Waals surface area contributed by atoms with E-state index in [2.05, 4.69) is 31.3 Å². The summed E-state index contributed by atoms with van der Waals surface area (Å²) in [5.74, 6) is -0.382. The predicted octanol–water partition coefficient (Wildman–Crippen LogP) is 3.21. The Morgan fingerprint density at radius 3 is 2.81 bits per heavy atom. The molecule has 1 fully saturated rings. The van der Waals surface area contributed by atoms with Crippen molar-refractivity contribution in [1.29, 1.82) is 0 Å². The van der Waals surface area contributed by atoms with Crippen LogP contribution >= 0.6 is 0 Å². The smallest absolute Gasteiger partial charge is 0.319 e. The Kier molecular flexibility index (Phi) is 4.83. The fourth-order valence-corrected chi connectivity index (χ4v) is 3.71. The minimum Gasteiger partial charge on any atom is -0.486 e. The third-order valence-corrected chi connectivity index (χ3v) is 5.23. The number of carbonyl (C=O) groups is 1. The number of benzene rings is 1. The van der Waals surface area contributed by atoms with Gasteiger partial charge in [0.25, 0.3) is 5.92 Å². The normalized spacial score (nSPS) is 16.8. The third-order valence-electron chi connectivity index (χ3n) is 5.23. The van der Waals surface area contributed by atoms with Gasteiger partial charge < -0.3 is 30.7 Å². The summed E-state index contributed by atoms with van der Waals surface area (Å²) in [6.45, 7) is 0.925. The number of amides is 2. The third kappa shape index (κ3) is 3.79. The van der Waals surface area contributed by atoms with Crippen molar-refractivity contribution in [1.82, 2.24) is 19.9 Å². The number of nitrogens with one attached hydrogen (secondary N) is 4. The molecule has 1 aromatic carbocycles. The van der Waals surface area contributed by atoms with E-state index in [1.165, 1.54) is 10.7 Å². The molecule has 0 bridgehead atoms. The monoisotopic (exact) mass is 445 g/mol. The molecule has 1 saturated carbocycles. The summed E-state index contributed by atoms with van der Waals surface area (Å²) < 4.78 is 38.9. The zero-order valence-electron chi connectivity index (χ0n) is 17.1. The molecule has 0 spiro atoms. The van der Waals surface area contributed by atoms with Gasteiger partial charge in [0.15, 0.2) is 17.1 Å². The second-order valence-electron chi connectivity index (χ2n) is 7.58. The van der Waals surface area contributed by atoms with Gasteiger partial charge in [-0.15, -0.1) is 0 Å². The number of fused-ring (bicyclic) bond motifs is 2. The van der Waals surface area contributed by atoms with Crippen LogP contribution in [0, 0.1) is 0 Å². The standard InChI is InChI=1S/C20H21F2N7O3/c1-23-16-7-15(26-12-3-2-4-14-17(12)32-6-5-31-14)28-18-13(10-24-29(16)18)27-19(30)25-11-8-20(21,22)9-11/h2-4,7,10-11,23H,5-6,8-9H2,1H3,(H,26,28)(H2,25,27,30). The van der Waals surface area contributed by atoms with Gasteiger partial charge in [0, 0.05) is 32.0 Å². The summed E-state index contributed by atoms with van der Waals surface area (Å²) in [7, 11) is 1.73. The van der Waals surface area contributed by atoms with Gasteiger partial charge in [-0.2, -0.15) is 9.61 Å². The van der Waals surface area contributed by atoms with E-state index < -0.39 is 18.0 Å². The number of hydrogen-bond acceptors (Lipinski definition) is 7. The van der Waals surface area contributed by atoms with Crippen LogP contribution in [0.3, 0.4) is 0 Å². The number of anilines is 4. The minimum absolute atomic E-state index is 0.336. The van der Waals surface area contributed by atoms with Gasteiger partial charge in [0.05, 0.1) is 11.9 Å². The first-order valence-corrected chi connectivity index (χ1v) is 10.1. The number of halogens is 2. The number of aromatic nitrogens is 3. The van der Waals surface area contributed by atoms with Crippen molar-refractivity contribution in [3.05, 3.63) is 30.5 Å². The average molecular weight is 445 g/mol. The van der Waals surface area contributed by atoms with Gasteiger partial charge in [-0.25, -0.2) is 18.6 Å². The van der Waals surface area contributed by atoms with E-state index >= 15 is 0 Å². The molecule has 10 nitrogen and oxygen atoms in total. The van der Waals surface area contributed by atoms with Gasteiger partial charge in [-0.05, 0) is 12.1 Å². The molecule has 0 unspecified atom stereocenters. The maximum atomic E-state index is 13.0. The molecule has 2 amide bonds. The molecule has 1 aliphatic heterocycles. The van der Waals surface area contributed by atoms with E-state index in [0.29, 0.717) is 53.4 Å². The van der Waals surface area contributed by atoms with E-state index in [4.69, 9.17) is 9.47 Å². The van der Waals surface area contributed by atoms with Gasteiger partial charge in [0.2, 0.25) is 0 Å². The molecule has 0 atom stereocenters. The Morgan fingerprint density at radius 2 is 2.03 bits per heavy atom. The fraction of sp³-hybridized carbons (Fsp3) is 0.350. The molecular formula is C20H21F2N7O3. The zero-order valence-corrected chi connectivity index (χ0v) is 17.1. The molecule has 5 rings (SSSR count). The minimum atomic E-state index is -2.71. The van der Waals surface area contributed by atoms with E-state index in [9.17, 15) is 13.6 Å². The lowest BCUT2D eigenvalue weighted by Gasteiger charge is -2.35. The van der Waals surface area contributed by atoms with Crippen LogP contribution in [0.5, 0.6) is 11.5 Å². The molecule has 32 heavy (non-hydrogen) atoms. The number of alkyl halides is 2. The molecular weight excluding hydrogens is 424 g/mol. The fourth-order valence-electron chi connectivity index (χ4n) is 3.71. The molecule has 12 heteroatoms. The molecule has 168 valence electrons. The van der Waals surface area contributed by atoms with Gasteiger partial charge >= 0.3 is 6.03 Å². The first-order valence-electron chi connectivity index (χ1n) is 10.1. The van der Waals surface area contributed by atoms with Crippen molar-refractivity contribution in [3.8, 4) is 11.5 Å². The van der Waals surface area contributed by atoms with Crippen molar-refractivity contribution in [2.75, 3.05) is 36.2 Å². The van der Waals surface area contributed by atoms with Crippen molar-refractivity contribution < 1.29 is 23.0 Å². The lowest BCUT2D eigenvalue weighted by Crippen LogP contribution is -2.51. The van der Waals surface area contributed by atoms with Crippen LogP contribution in [-0.4, -0.2) is 52.9 Å².